The molecule has 0 radical (unpaired) electrons. The van der Waals surface area contributed by atoms with E-state index in [1.54, 1.807) is 0 Å². The summed E-state index contributed by atoms with van der Waals surface area (Å²) in [6.07, 6.45) is 7.44. The third-order valence-corrected chi connectivity index (χ3v) is 5.94. The predicted molar refractivity (Wildman–Crippen MR) is 98.2 cm³/mol. The Labute approximate surface area is 153 Å². The molecular formula is C20H24N4O2. The second kappa shape index (κ2) is 6.68. The van der Waals surface area contributed by atoms with Gasteiger partial charge >= 0.3 is 0 Å². The van der Waals surface area contributed by atoms with Crippen molar-refractivity contribution in [2.24, 2.45) is 5.92 Å². The minimum Gasteiger partial charge on any atom is -0.385 e. The molecule has 1 amide bonds. The Kier molecular flexibility index (Phi) is 4.36. The Morgan fingerprint density at radius 3 is 2.65 bits per heavy atom. The highest BCUT2D eigenvalue weighted by atomic mass is 16.3. The molecule has 1 aromatic carbocycles. The van der Waals surface area contributed by atoms with Crippen LogP contribution in [0.15, 0.2) is 42.7 Å². The molecule has 136 valence electrons. The quantitative estimate of drug-likeness (QED) is 0.865. The number of carbonyl (C=O) groups is 1. The van der Waals surface area contributed by atoms with Gasteiger partial charge in [-0.1, -0.05) is 43.2 Å². The molecule has 3 atom stereocenters. The second-order valence-electron chi connectivity index (χ2n) is 7.29. The minimum absolute atomic E-state index is 0.00314. The Balaban J connectivity index is 1.67. The second-order valence-corrected chi connectivity index (χ2v) is 7.29. The Hall–Kier alpha value is -2.47. The molecule has 1 aliphatic heterocycles. The number of nitrogen functional groups attached to an aromatic ring is 1. The average Bonchev–Trinajstić information content (AvgIpc) is 2.69. The van der Waals surface area contributed by atoms with Gasteiger partial charge in [-0.15, -0.1) is 0 Å². The van der Waals surface area contributed by atoms with Crippen molar-refractivity contribution < 1.29 is 9.90 Å². The van der Waals surface area contributed by atoms with Crippen LogP contribution in [0.3, 0.4) is 0 Å². The molecule has 1 saturated heterocycles. The maximum absolute atomic E-state index is 13.1. The van der Waals surface area contributed by atoms with Gasteiger partial charge in [0.15, 0.2) is 11.5 Å². The number of likely N-dealkylation sites (tertiary alicyclic amines) is 1. The molecule has 1 aliphatic carbocycles. The van der Waals surface area contributed by atoms with Gasteiger partial charge in [-0.3, -0.25) is 4.79 Å². The number of hydrogen-bond acceptors (Lipinski definition) is 5. The van der Waals surface area contributed by atoms with Gasteiger partial charge in [-0.25, -0.2) is 9.97 Å². The summed E-state index contributed by atoms with van der Waals surface area (Å²) < 4.78 is 0. The maximum Gasteiger partial charge on any atom is 0.276 e. The molecule has 3 N–H and O–H groups in total. The summed E-state index contributed by atoms with van der Waals surface area (Å²) in [5, 5.41) is 11.6. The van der Waals surface area contributed by atoms with Crippen molar-refractivity contribution in [2.75, 3.05) is 12.3 Å². The first-order valence-corrected chi connectivity index (χ1v) is 9.26. The van der Waals surface area contributed by atoms with E-state index in [-0.39, 0.29) is 29.4 Å². The van der Waals surface area contributed by atoms with Crippen molar-refractivity contribution in [1.82, 2.24) is 14.9 Å². The van der Waals surface area contributed by atoms with Crippen LogP contribution >= 0.6 is 0 Å². The number of anilines is 1. The van der Waals surface area contributed by atoms with E-state index in [2.05, 4.69) is 9.97 Å². The van der Waals surface area contributed by atoms with Gasteiger partial charge in [0, 0.05) is 30.9 Å². The van der Waals surface area contributed by atoms with E-state index in [0.717, 1.165) is 31.2 Å². The van der Waals surface area contributed by atoms with Gasteiger partial charge in [0.25, 0.3) is 5.91 Å². The van der Waals surface area contributed by atoms with Gasteiger partial charge in [0.2, 0.25) is 0 Å². The number of amides is 1. The predicted octanol–water partition coefficient (Wildman–Crippen LogP) is 2.35. The highest BCUT2D eigenvalue weighted by molar-refractivity contribution is 5.96. The van der Waals surface area contributed by atoms with Crippen molar-refractivity contribution in [2.45, 2.75) is 43.7 Å². The van der Waals surface area contributed by atoms with Crippen LogP contribution in [0.5, 0.6) is 0 Å². The third kappa shape index (κ3) is 2.74. The molecule has 26 heavy (non-hydrogen) atoms. The number of nitrogens with two attached hydrogens (primary N) is 1. The van der Waals surface area contributed by atoms with E-state index in [9.17, 15) is 9.90 Å². The van der Waals surface area contributed by atoms with Crippen molar-refractivity contribution in [3.8, 4) is 0 Å². The van der Waals surface area contributed by atoms with Gasteiger partial charge in [-0.05, 0) is 24.8 Å². The van der Waals surface area contributed by atoms with Crippen LogP contribution in [0.2, 0.25) is 0 Å². The molecule has 2 fully saturated rings. The average molecular weight is 352 g/mol. The van der Waals surface area contributed by atoms with E-state index in [1.807, 2.05) is 35.2 Å². The van der Waals surface area contributed by atoms with E-state index in [0.29, 0.717) is 13.0 Å². The first-order chi connectivity index (χ1) is 12.6. The number of aliphatic hydroxyl groups is 1. The van der Waals surface area contributed by atoms with Crippen molar-refractivity contribution in [1.29, 1.82) is 0 Å². The normalized spacial score (nSPS) is 28.4. The van der Waals surface area contributed by atoms with Gasteiger partial charge in [-0.2, -0.15) is 0 Å². The van der Waals surface area contributed by atoms with Crippen molar-refractivity contribution >= 4 is 11.7 Å². The number of fused-ring (bicyclic) bond motifs is 1. The smallest absolute Gasteiger partial charge is 0.276 e. The lowest BCUT2D eigenvalue weighted by Gasteiger charge is -2.52. The molecule has 6 nitrogen and oxygen atoms in total. The third-order valence-electron chi connectivity index (χ3n) is 5.94. The Morgan fingerprint density at radius 1 is 1.15 bits per heavy atom. The van der Waals surface area contributed by atoms with Gasteiger partial charge in [0.1, 0.15) is 0 Å². The number of aromatic nitrogens is 2. The number of rotatable bonds is 2. The summed E-state index contributed by atoms with van der Waals surface area (Å²) in [5.74, 6) is 0.00520. The first-order valence-electron chi connectivity index (χ1n) is 9.26. The minimum atomic E-state index is -0.892. The summed E-state index contributed by atoms with van der Waals surface area (Å²) in [6.45, 7) is 0.488. The fraction of sp³-hybridized carbons (Fsp3) is 0.450. The lowest BCUT2D eigenvalue weighted by molar-refractivity contribution is -0.110. The molecule has 2 aromatic rings. The number of benzene rings is 1. The van der Waals surface area contributed by atoms with Crippen LogP contribution in [-0.2, 0) is 5.60 Å². The summed E-state index contributed by atoms with van der Waals surface area (Å²) in [5.41, 5.74) is 6.14. The standard InChI is InChI=1S/C20H24N4O2/c21-18-17(22-11-12-23-18)19(25)24-13-10-20(26,14-6-2-1-3-7-14)15-8-4-5-9-16(15)24/h1-3,6-7,11-12,15-16,26H,4-5,8-10,13H2,(H2,21,23). The molecule has 1 saturated carbocycles. The number of piperidine rings is 1. The molecule has 0 bridgehead atoms. The SMILES string of the molecule is Nc1nccnc1C(=O)N1CCC(O)(c2ccccc2)C2CCCCC21. The van der Waals surface area contributed by atoms with Crippen LogP contribution in [0.4, 0.5) is 5.82 Å². The summed E-state index contributed by atoms with van der Waals surface area (Å²) >= 11 is 0. The first kappa shape index (κ1) is 17.0. The number of nitrogens with zero attached hydrogens (tertiary/aromatic N) is 3. The topological polar surface area (TPSA) is 92.3 Å². The summed E-state index contributed by atoms with van der Waals surface area (Å²) in [4.78, 5) is 23.1. The lowest BCUT2D eigenvalue weighted by Crippen LogP contribution is -2.59. The van der Waals surface area contributed by atoms with Crippen molar-refractivity contribution in [3.63, 3.8) is 0 Å². The molecule has 2 heterocycles. The molecular weight excluding hydrogens is 328 g/mol. The van der Waals surface area contributed by atoms with Crippen LogP contribution in [-0.4, -0.2) is 38.5 Å². The highest BCUT2D eigenvalue weighted by Gasteiger charge is 2.50. The summed E-state index contributed by atoms with van der Waals surface area (Å²) in [7, 11) is 0. The molecule has 4 rings (SSSR count). The molecule has 0 spiro atoms. The molecule has 3 unspecified atom stereocenters. The van der Waals surface area contributed by atoms with Crippen molar-refractivity contribution in [3.05, 3.63) is 54.0 Å². The van der Waals surface area contributed by atoms with E-state index in [1.165, 1.54) is 12.4 Å². The number of hydrogen-bond donors (Lipinski definition) is 2. The van der Waals surface area contributed by atoms with Gasteiger partial charge < -0.3 is 15.7 Å². The van der Waals surface area contributed by atoms with Crippen LogP contribution in [0.25, 0.3) is 0 Å². The Morgan fingerprint density at radius 2 is 1.88 bits per heavy atom. The molecule has 6 heteroatoms. The highest BCUT2D eigenvalue weighted by Crippen LogP contribution is 2.47. The van der Waals surface area contributed by atoms with Crippen LogP contribution < -0.4 is 5.73 Å². The van der Waals surface area contributed by atoms with Crippen LogP contribution in [0, 0.1) is 5.92 Å². The molecule has 2 aliphatic rings. The fourth-order valence-electron chi connectivity index (χ4n) is 4.67. The zero-order chi connectivity index (χ0) is 18.1. The zero-order valence-corrected chi connectivity index (χ0v) is 14.7. The van der Waals surface area contributed by atoms with E-state index >= 15 is 0 Å². The lowest BCUT2D eigenvalue weighted by atomic mass is 9.66. The maximum atomic E-state index is 13.1. The fourth-order valence-corrected chi connectivity index (χ4v) is 4.67. The largest absolute Gasteiger partial charge is 0.385 e. The Bertz CT molecular complexity index is 797. The van der Waals surface area contributed by atoms with Crippen LogP contribution in [0.1, 0.15) is 48.2 Å². The molecule has 1 aromatic heterocycles. The summed E-state index contributed by atoms with van der Waals surface area (Å²) in [6, 6.07) is 9.86. The number of carbonyl (C=O) groups excluding carboxylic acids is 1. The van der Waals surface area contributed by atoms with Gasteiger partial charge in [0.05, 0.1) is 5.60 Å². The monoisotopic (exact) mass is 352 g/mol. The van der Waals surface area contributed by atoms with E-state index in [4.69, 9.17) is 5.73 Å². The zero-order valence-electron chi connectivity index (χ0n) is 14.7. The van der Waals surface area contributed by atoms with E-state index < -0.39 is 5.60 Å².